The number of nitrogen functional groups attached to an aromatic ring is 1. The van der Waals surface area contributed by atoms with Crippen LogP contribution in [0.15, 0.2) is 65.3 Å². The SMILES string of the molecule is CCOC(OC(C)=O)(C(=O)NCc1ccc(C(=N)N)cc1)c1coc(-c2ccccc2)n1. The van der Waals surface area contributed by atoms with E-state index < -0.39 is 17.7 Å². The van der Waals surface area contributed by atoms with Crippen molar-refractivity contribution in [3.05, 3.63) is 77.7 Å². The molecule has 1 heterocycles. The van der Waals surface area contributed by atoms with Gasteiger partial charge in [-0.3, -0.25) is 15.0 Å². The molecule has 0 aliphatic carbocycles. The molecule has 1 aromatic heterocycles. The maximum atomic E-state index is 13.2. The molecule has 3 aromatic rings. The van der Waals surface area contributed by atoms with Gasteiger partial charge >= 0.3 is 11.8 Å². The summed E-state index contributed by atoms with van der Waals surface area (Å²) in [5.41, 5.74) is 7.49. The Morgan fingerprint density at radius 3 is 2.44 bits per heavy atom. The second-order valence-electron chi connectivity index (χ2n) is 6.84. The molecule has 1 atom stereocenters. The normalized spacial score (nSPS) is 12.6. The van der Waals surface area contributed by atoms with E-state index in [0.717, 1.165) is 5.56 Å². The molecule has 9 heteroatoms. The molecule has 32 heavy (non-hydrogen) atoms. The number of hydrogen-bond donors (Lipinski definition) is 3. The fourth-order valence-corrected chi connectivity index (χ4v) is 3.03. The Balaban J connectivity index is 1.89. The second-order valence-corrected chi connectivity index (χ2v) is 6.84. The maximum absolute atomic E-state index is 13.2. The third kappa shape index (κ3) is 5.01. The summed E-state index contributed by atoms with van der Waals surface area (Å²) in [7, 11) is 0. The van der Waals surface area contributed by atoms with E-state index in [1.807, 2.05) is 18.2 Å². The van der Waals surface area contributed by atoms with E-state index in [-0.39, 0.29) is 30.6 Å². The largest absolute Gasteiger partial charge is 0.444 e. The summed E-state index contributed by atoms with van der Waals surface area (Å²) in [5, 5.41) is 10.2. The fourth-order valence-electron chi connectivity index (χ4n) is 3.03. The van der Waals surface area contributed by atoms with Crippen molar-refractivity contribution in [3.8, 4) is 11.5 Å². The van der Waals surface area contributed by atoms with Gasteiger partial charge in [-0.15, -0.1) is 0 Å². The second kappa shape index (κ2) is 9.88. The predicted molar refractivity (Wildman–Crippen MR) is 116 cm³/mol. The molecule has 0 aliphatic rings. The van der Waals surface area contributed by atoms with E-state index in [9.17, 15) is 9.59 Å². The number of aromatic nitrogens is 1. The molecule has 0 spiro atoms. The number of nitrogens with one attached hydrogen (secondary N) is 2. The van der Waals surface area contributed by atoms with Gasteiger partial charge in [-0.05, 0) is 24.6 Å². The lowest BCUT2D eigenvalue weighted by atomic mass is 10.1. The third-order valence-corrected chi connectivity index (χ3v) is 4.51. The van der Waals surface area contributed by atoms with E-state index in [2.05, 4.69) is 10.3 Å². The van der Waals surface area contributed by atoms with Crippen LogP contribution in [0.5, 0.6) is 0 Å². The summed E-state index contributed by atoms with van der Waals surface area (Å²) in [4.78, 5) is 29.5. The zero-order chi connectivity index (χ0) is 23.1. The van der Waals surface area contributed by atoms with E-state index in [4.69, 9.17) is 25.0 Å². The Labute approximate surface area is 185 Å². The van der Waals surface area contributed by atoms with Gasteiger partial charge in [0.1, 0.15) is 12.1 Å². The van der Waals surface area contributed by atoms with Crippen molar-refractivity contribution in [2.24, 2.45) is 5.73 Å². The van der Waals surface area contributed by atoms with Gasteiger partial charge in [-0.1, -0.05) is 42.5 Å². The Morgan fingerprint density at radius 2 is 1.84 bits per heavy atom. The average Bonchev–Trinajstić information content (AvgIpc) is 3.28. The van der Waals surface area contributed by atoms with Gasteiger partial charge in [-0.2, -0.15) is 0 Å². The van der Waals surface area contributed by atoms with E-state index in [1.165, 1.54) is 13.2 Å². The fraction of sp³-hybridized carbons (Fsp3) is 0.217. The zero-order valence-corrected chi connectivity index (χ0v) is 17.8. The average molecular weight is 436 g/mol. The first-order valence-corrected chi connectivity index (χ1v) is 9.92. The van der Waals surface area contributed by atoms with Crippen LogP contribution in [0.4, 0.5) is 0 Å². The van der Waals surface area contributed by atoms with E-state index in [1.54, 1.807) is 43.3 Å². The highest BCUT2D eigenvalue weighted by Gasteiger charge is 2.48. The van der Waals surface area contributed by atoms with Crippen LogP contribution in [-0.4, -0.2) is 29.3 Å². The third-order valence-electron chi connectivity index (χ3n) is 4.51. The molecule has 0 fully saturated rings. The molecule has 166 valence electrons. The Bertz CT molecular complexity index is 1100. The number of carbonyl (C=O) groups excluding carboxylic acids is 2. The van der Waals surface area contributed by atoms with Crippen LogP contribution in [0.2, 0.25) is 0 Å². The van der Waals surface area contributed by atoms with E-state index in [0.29, 0.717) is 11.1 Å². The Kier molecular flexibility index (Phi) is 7.01. The van der Waals surface area contributed by atoms with Crippen LogP contribution in [0, 0.1) is 5.41 Å². The highest BCUT2D eigenvalue weighted by atomic mass is 16.7. The molecule has 2 aromatic carbocycles. The van der Waals surface area contributed by atoms with Crippen molar-refractivity contribution in [1.29, 1.82) is 5.41 Å². The minimum absolute atomic E-state index is 0.0119. The number of hydrogen-bond acceptors (Lipinski definition) is 7. The number of amidine groups is 1. The summed E-state index contributed by atoms with van der Waals surface area (Å²) >= 11 is 0. The number of nitrogens with zero attached hydrogens (tertiary/aromatic N) is 1. The van der Waals surface area contributed by atoms with Gasteiger partial charge in [0.25, 0.3) is 5.91 Å². The minimum atomic E-state index is -2.11. The van der Waals surface area contributed by atoms with Crippen molar-refractivity contribution in [2.45, 2.75) is 26.2 Å². The molecule has 0 aliphatic heterocycles. The standard InChI is InChI=1S/C23H24N4O5/c1-3-31-23(32-15(2)28,19-14-30-21(27-19)18-7-5-4-6-8-18)22(29)26-13-16-9-11-17(12-10-16)20(24)25/h4-12,14H,3,13H2,1-2H3,(H3,24,25)(H,26,29). The van der Waals surface area contributed by atoms with Crippen LogP contribution in [0.1, 0.15) is 30.7 Å². The van der Waals surface area contributed by atoms with Crippen molar-refractivity contribution < 1.29 is 23.5 Å². The molecule has 3 rings (SSSR count). The van der Waals surface area contributed by atoms with Gasteiger partial charge in [-0.25, -0.2) is 4.98 Å². The van der Waals surface area contributed by atoms with E-state index >= 15 is 0 Å². The molecular weight excluding hydrogens is 412 g/mol. The molecular formula is C23H24N4O5. The highest BCUT2D eigenvalue weighted by Crippen LogP contribution is 2.30. The predicted octanol–water partition coefficient (Wildman–Crippen LogP) is 2.69. The summed E-state index contributed by atoms with van der Waals surface area (Å²) in [6.07, 6.45) is 1.24. The van der Waals surface area contributed by atoms with Crippen LogP contribution >= 0.6 is 0 Å². The molecule has 0 radical (unpaired) electrons. The molecule has 0 saturated carbocycles. The smallest absolute Gasteiger partial charge is 0.341 e. The van der Waals surface area contributed by atoms with Gasteiger partial charge in [0, 0.05) is 31.2 Å². The van der Waals surface area contributed by atoms with Crippen molar-refractivity contribution in [3.63, 3.8) is 0 Å². The molecule has 9 nitrogen and oxygen atoms in total. The van der Waals surface area contributed by atoms with Crippen molar-refractivity contribution in [1.82, 2.24) is 10.3 Å². The number of carbonyl (C=O) groups is 2. The Morgan fingerprint density at radius 1 is 1.16 bits per heavy atom. The van der Waals surface area contributed by atoms with Crippen LogP contribution in [0.3, 0.4) is 0 Å². The molecule has 0 saturated heterocycles. The minimum Gasteiger partial charge on any atom is -0.444 e. The first-order valence-electron chi connectivity index (χ1n) is 9.92. The highest BCUT2D eigenvalue weighted by molar-refractivity contribution is 5.94. The molecule has 0 bridgehead atoms. The van der Waals surface area contributed by atoms with Gasteiger partial charge < -0.3 is 24.9 Å². The monoisotopic (exact) mass is 436 g/mol. The van der Waals surface area contributed by atoms with Crippen LogP contribution in [0.25, 0.3) is 11.5 Å². The lowest BCUT2D eigenvalue weighted by Gasteiger charge is -2.29. The summed E-state index contributed by atoms with van der Waals surface area (Å²) in [5.74, 6) is -3.34. The number of rotatable bonds is 9. The van der Waals surface area contributed by atoms with Gasteiger partial charge in [0.2, 0.25) is 5.89 Å². The van der Waals surface area contributed by atoms with Crippen LogP contribution in [-0.2, 0) is 31.4 Å². The summed E-state index contributed by atoms with van der Waals surface area (Å²) in [6, 6.07) is 15.9. The molecule has 4 N–H and O–H groups in total. The number of nitrogens with two attached hydrogens (primary N) is 1. The summed E-state index contributed by atoms with van der Waals surface area (Å²) < 4.78 is 16.6. The van der Waals surface area contributed by atoms with Crippen LogP contribution < -0.4 is 11.1 Å². The number of ether oxygens (including phenoxy) is 2. The number of oxazole rings is 1. The topological polar surface area (TPSA) is 141 Å². The van der Waals surface area contributed by atoms with Gasteiger partial charge in [0.15, 0.2) is 5.69 Å². The lowest BCUT2D eigenvalue weighted by Crippen LogP contribution is -2.49. The first-order chi connectivity index (χ1) is 15.4. The number of amides is 1. The Hall–Kier alpha value is -3.98. The first kappa shape index (κ1) is 22.7. The van der Waals surface area contributed by atoms with Crippen molar-refractivity contribution in [2.75, 3.05) is 6.61 Å². The number of esters is 1. The number of benzene rings is 2. The molecule has 1 amide bonds. The van der Waals surface area contributed by atoms with Gasteiger partial charge in [0.05, 0.1) is 0 Å². The zero-order valence-electron chi connectivity index (χ0n) is 17.8. The van der Waals surface area contributed by atoms with Crippen molar-refractivity contribution >= 4 is 17.7 Å². The maximum Gasteiger partial charge on any atom is 0.341 e. The quantitative estimate of drug-likeness (QED) is 0.203. The lowest BCUT2D eigenvalue weighted by molar-refractivity contribution is -0.233. The molecule has 1 unspecified atom stereocenters. The summed E-state index contributed by atoms with van der Waals surface area (Å²) in [6.45, 7) is 3.04.